The van der Waals surface area contributed by atoms with Crippen molar-refractivity contribution in [1.82, 2.24) is 20.2 Å². The second-order valence-corrected chi connectivity index (χ2v) is 5.93. The van der Waals surface area contributed by atoms with Crippen LogP contribution in [0.25, 0.3) is 0 Å². The minimum Gasteiger partial charge on any atom is -0.348 e. The Kier molecular flexibility index (Phi) is 5.14. The zero-order chi connectivity index (χ0) is 16.8. The molecule has 0 atom stereocenters. The molecule has 1 saturated heterocycles. The third kappa shape index (κ3) is 4.15. The molecule has 0 spiro atoms. The molecule has 1 aromatic carbocycles. The van der Waals surface area contributed by atoms with Crippen molar-refractivity contribution in [3.63, 3.8) is 0 Å². The van der Waals surface area contributed by atoms with Crippen molar-refractivity contribution in [3.8, 4) is 6.07 Å². The smallest absolute Gasteiger partial charge is 0.271 e. The van der Waals surface area contributed by atoms with Crippen LogP contribution < -0.4 is 5.32 Å². The number of rotatable bonds is 4. The highest BCUT2D eigenvalue weighted by Gasteiger charge is 2.21. The van der Waals surface area contributed by atoms with E-state index >= 15 is 0 Å². The van der Waals surface area contributed by atoms with Gasteiger partial charge in [0.1, 0.15) is 5.69 Å². The zero-order valence-corrected chi connectivity index (χ0v) is 13.4. The van der Waals surface area contributed by atoms with E-state index in [1.54, 1.807) is 6.20 Å². The molecule has 1 aliphatic heterocycles. The van der Waals surface area contributed by atoms with E-state index in [9.17, 15) is 4.79 Å². The fraction of sp³-hybridized carbons (Fsp3) is 0.333. The van der Waals surface area contributed by atoms with Crippen LogP contribution in [0.5, 0.6) is 0 Å². The fourth-order valence-corrected chi connectivity index (χ4v) is 2.91. The first-order valence-corrected chi connectivity index (χ1v) is 8.03. The highest BCUT2D eigenvalue weighted by molar-refractivity contribution is 5.92. The lowest BCUT2D eigenvalue weighted by Crippen LogP contribution is -2.44. The lowest BCUT2D eigenvalue weighted by atomic mass is 10.0. The van der Waals surface area contributed by atoms with Crippen molar-refractivity contribution in [2.75, 3.05) is 13.1 Å². The molecular formula is C18H19N5O. The summed E-state index contributed by atoms with van der Waals surface area (Å²) < 4.78 is 0. The highest BCUT2D eigenvalue weighted by Crippen LogP contribution is 2.15. The molecular weight excluding hydrogens is 302 g/mol. The van der Waals surface area contributed by atoms with Crippen molar-refractivity contribution < 1.29 is 4.79 Å². The Morgan fingerprint density at radius 1 is 1.33 bits per heavy atom. The van der Waals surface area contributed by atoms with Gasteiger partial charge in [-0.25, -0.2) is 4.98 Å². The molecule has 2 aromatic rings. The summed E-state index contributed by atoms with van der Waals surface area (Å²) in [6, 6.07) is 10.1. The van der Waals surface area contributed by atoms with Gasteiger partial charge >= 0.3 is 0 Å². The zero-order valence-electron chi connectivity index (χ0n) is 13.4. The first-order chi connectivity index (χ1) is 11.7. The van der Waals surface area contributed by atoms with Crippen LogP contribution in [-0.2, 0) is 6.54 Å². The van der Waals surface area contributed by atoms with Gasteiger partial charge in [0.25, 0.3) is 5.91 Å². The third-order valence-electron chi connectivity index (χ3n) is 4.18. The third-order valence-corrected chi connectivity index (χ3v) is 4.18. The monoisotopic (exact) mass is 321 g/mol. The van der Waals surface area contributed by atoms with Crippen molar-refractivity contribution in [2.24, 2.45) is 0 Å². The number of hydrogen-bond donors (Lipinski definition) is 1. The predicted molar refractivity (Wildman–Crippen MR) is 89.0 cm³/mol. The van der Waals surface area contributed by atoms with Gasteiger partial charge in [0, 0.05) is 38.1 Å². The number of amides is 1. The number of likely N-dealkylation sites (tertiary alicyclic amines) is 1. The van der Waals surface area contributed by atoms with Gasteiger partial charge < -0.3 is 5.32 Å². The van der Waals surface area contributed by atoms with Crippen molar-refractivity contribution >= 4 is 5.91 Å². The van der Waals surface area contributed by atoms with Crippen LogP contribution in [-0.4, -0.2) is 39.9 Å². The summed E-state index contributed by atoms with van der Waals surface area (Å²) in [6.07, 6.45) is 6.37. The first kappa shape index (κ1) is 16.1. The topological polar surface area (TPSA) is 81.9 Å². The molecule has 1 aliphatic rings. The number of aromatic nitrogens is 2. The minimum absolute atomic E-state index is 0.164. The molecule has 1 N–H and O–H groups in total. The van der Waals surface area contributed by atoms with Crippen LogP contribution in [0.15, 0.2) is 42.9 Å². The van der Waals surface area contributed by atoms with Crippen molar-refractivity contribution in [2.45, 2.75) is 25.4 Å². The number of nitrogens with one attached hydrogen (secondary N) is 1. The van der Waals surface area contributed by atoms with Gasteiger partial charge in [-0.3, -0.25) is 14.7 Å². The second-order valence-electron chi connectivity index (χ2n) is 5.93. The Bertz CT molecular complexity index is 733. The first-order valence-electron chi connectivity index (χ1n) is 8.03. The Balaban J connectivity index is 1.49. The van der Waals surface area contributed by atoms with E-state index in [4.69, 9.17) is 5.26 Å². The van der Waals surface area contributed by atoms with Crippen LogP contribution in [0.4, 0.5) is 0 Å². The SMILES string of the molecule is N#Cc1cccc(CN2CCC(NC(=O)c3cnccn3)CC2)c1. The van der Waals surface area contributed by atoms with E-state index in [1.807, 2.05) is 24.3 Å². The average molecular weight is 321 g/mol. The summed E-state index contributed by atoms with van der Waals surface area (Å²) >= 11 is 0. The van der Waals surface area contributed by atoms with E-state index in [1.165, 1.54) is 12.4 Å². The Labute approximate surface area is 141 Å². The van der Waals surface area contributed by atoms with Crippen molar-refractivity contribution in [1.29, 1.82) is 5.26 Å². The van der Waals surface area contributed by atoms with Gasteiger partial charge in [0.2, 0.25) is 0 Å². The van der Waals surface area contributed by atoms with Crippen LogP contribution >= 0.6 is 0 Å². The van der Waals surface area contributed by atoms with Crippen molar-refractivity contribution in [3.05, 3.63) is 59.7 Å². The molecule has 122 valence electrons. The number of nitriles is 1. The second kappa shape index (κ2) is 7.66. The van der Waals surface area contributed by atoms with Crippen LogP contribution in [0, 0.1) is 11.3 Å². The largest absolute Gasteiger partial charge is 0.348 e. The molecule has 0 bridgehead atoms. The fourth-order valence-electron chi connectivity index (χ4n) is 2.91. The number of benzene rings is 1. The van der Waals surface area contributed by atoms with Gasteiger partial charge in [-0.2, -0.15) is 5.26 Å². The quantitative estimate of drug-likeness (QED) is 0.927. The van der Waals surface area contributed by atoms with E-state index in [-0.39, 0.29) is 11.9 Å². The average Bonchev–Trinajstić information content (AvgIpc) is 2.64. The summed E-state index contributed by atoms with van der Waals surface area (Å²) in [5, 5.41) is 12.0. The molecule has 1 aromatic heterocycles. The normalized spacial score (nSPS) is 15.6. The highest BCUT2D eigenvalue weighted by atomic mass is 16.1. The number of carbonyl (C=O) groups excluding carboxylic acids is 1. The van der Waals surface area contributed by atoms with E-state index < -0.39 is 0 Å². The van der Waals surface area contributed by atoms with Crippen LogP contribution in [0.3, 0.4) is 0 Å². The number of carbonyl (C=O) groups is 1. The van der Waals surface area contributed by atoms with Crippen LogP contribution in [0.1, 0.15) is 34.5 Å². The Morgan fingerprint density at radius 3 is 2.88 bits per heavy atom. The lowest BCUT2D eigenvalue weighted by molar-refractivity contribution is 0.0903. The molecule has 6 heteroatoms. The molecule has 0 aliphatic carbocycles. The van der Waals surface area contributed by atoms with E-state index in [0.29, 0.717) is 11.3 Å². The molecule has 1 amide bonds. The molecule has 0 unspecified atom stereocenters. The Morgan fingerprint density at radius 2 is 2.17 bits per heavy atom. The minimum atomic E-state index is -0.164. The summed E-state index contributed by atoms with van der Waals surface area (Å²) in [6.45, 7) is 2.67. The summed E-state index contributed by atoms with van der Waals surface area (Å²) in [7, 11) is 0. The molecule has 2 heterocycles. The molecule has 24 heavy (non-hydrogen) atoms. The number of nitrogens with zero attached hydrogens (tertiary/aromatic N) is 4. The predicted octanol–water partition coefficient (Wildman–Crippen LogP) is 1.74. The molecule has 6 nitrogen and oxygen atoms in total. The molecule has 0 radical (unpaired) electrons. The standard InChI is InChI=1S/C18H19N5O/c19-11-14-2-1-3-15(10-14)13-23-8-4-16(5-9-23)22-18(24)17-12-20-6-7-21-17/h1-3,6-7,10,12,16H,4-5,8-9,13H2,(H,22,24). The van der Waals surface area contributed by atoms with Gasteiger partial charge in [-0.15, -0.1) is 0 Å². The maximum absolute atomic E-state index is 12.1. The van der Waals surface area contributed by atoms with Gasteiger partial charge in [-0.1, -0.05) is 12.1 Å². The maximum Gasteiger partial charge on any atom is 0.271 e. The molecule has 3 rings (SSSR count). The number of piperidine rings is 1. The number of hydrogen-bond acceptors (Lipinski definition) is 5. The Hall–Kier alpha value is -2.78. The van der Waals surface area contributed by atoms with E-state index in [2.05, 4.69) is 26.3 Å². The van der Waals surface area contributed by atoms with Crippen LogP contribution in [0.2, 0.25) is 0 Å². The summed E-state index contributed by atoms with van der Waals surface area (Å²) in [5.41, 5.74) is 2.20. The van der Waals surface area contributed by atoms with Gasteiger partial charge in [-0.05, 0) is 30.5 Å². The molecule has 1 fully saturated rings. The maximum atomic E-state index is 12.1. The van der Waals surface area contributed by atoms with E-state index in [0.717, 1.165) is 38.0 Å². The lowest BCUT2D eigenvalue weighted by Gasteiger charge is -2.32. The van der Waals surface area contributed by atoms with Gasteiger partial charge in [0.05, 0.1) is 17.8 Å². The summed E-state index contributed by atoms with van der Waals surface area (Å²) in [5.74, 6) is -0.164. The molecule has 0 saturated carbocycles. The summed E-state index contributed by atoms with van der Waals surface area (Å²) in [4.78, 5) is 22.4. The van der Waals surface area contributed by atoms with Gasteiger partial charge in [0.15, 0.2) is 0 Å².